The third kappa shape index (κ3) is 2.23. The van der Waals surface area contributed by atoms with Crippen LogP contribution in [0.1, 0.15) is 30.7 Å². The van der Waals surface area contributed by atoms with Gasteiger partial charge in [-0.3, -0.25) is 4.79 Å². The second-order valence-electron chi connectivity index (χ2n) is 5.27. The van der Waals surface area contributed by atoms with E-state index in [1.165, 1.54) is 12.5 Å². The molecular weight excluding hydrogens is 237 g/mol. The van der Waals surface area contributed by atoms with E-state index in [0.717, 1.165) is 29.4 Å². The van der Waals surface area contributed by atoms with Crippen molar-refractivity contribution in [2.45, 2.75) is 31.7 Å². The predicted octanol–water partition coefficient (Wildman–Crippen LogP) is 2.21. The quantitative estimate of drug-likeness (QED) is 0.577. The minimum absolute atomic E-state index is 0.203. The number of esters is 1. The molecule has 4 heteroatoms. The molecule has 0 aliphatic heterocycles. The van der Waals surface area contributed by atoms with Crippen molar-refractivity contribution in [3.05, 3.63) is 41.6 Å². The molecule has 0 N–H and O–H groups in total. The summed E-state index contributed by atoms with van der Waals surface area (Å²) in [6.45, 7) is 1.46. The highest BCUT2D eigenvalue weighted by atomic mass is 16.5. The van der Waals surface area contributed by atoms with Crippen LogP contribution in [0.15, 0.2) is 30.3 Å². The average molecular weight is 253 g/mol. The molecule has 1 aromatic heterocycles. The van der Waals surface area contributed by atoms with Gasteiger partial charge in [-0.1, -0.05) is 18.2 Å². The molecule has 0 saturated carbocycles. The Labute approximate surface area is 113 Å². The van der Waals surface area contributed by atoms with E-state index in [9.17, 15) is 4.79 Å². The van der Waals surface area contributed by atoms with Crippen LogP contribution in [0.5, 0.6) is 0 Å². The fourth-order valence-electron chi connectivity index (χ4n) is 2.78. The Kier molecular flexibility index (Phi) is 3.01. The number of carbonyl (C=O) groups is 1. The standard InChI is InChI=1S/C15H16BNO2/c1-9(18)19-15-12(16)7-6-11-8-10-4-2-3-5-13(10)17-14(11)15/h2-5,8,12,15H,6-7,16H2,1H3/t12-,15?/m0/s1. The Morgan fingerprint density at radius 1 is 1.42 bits per heavy atom. The van der Waals surface area contributed by atoms with Gasteiger partial charge >= 0.3 is 5.97 Å². The van der Waals surface area contributed by atoms with Crippen LogP contribution in [0.2, 0.25) is 5.82 Å². The van der Waals surface area contributed by atoms with E-state index in [0.29, 0.717) is 5.82 Å². The van der Waals surface area contributed by atoms with E-state index in [1.807, 2.05) is 18.2 Å². The lowest BCUT2D eigenvalue weighted by atomic mass is 9.72. The first-order valence-electron chi connectivity index (χ1n) is 6.71. The number of ether oxygens (including phenoxy) is 1. The number of aromatic nitrogens is 1. The Morgan fingerprint density at radius 2 is 2.21 bits per heavy atom. The number of nitrogens with zero attached hydrogens (tertiary/aromatic N) is 1. The maximum atomic E-state index is 11.3. The van der Waals surface area contributed by atoms with Crippen molar-refractivity contribution >= 4 is 24.7 Å². The van der Waals surface area contributed by atoms with Crippen LogP contribution in [-0.4, -0.2) is 18.8 Å². The minimum Gasteiger partial charge on any atom is -0.456 e. The Hall–Kier alpha value is -1.84. The van der Waals surface area contributed by atoms with Crippen molar-refractivity contribution < 1.29 is 9.53 Å². The van der Waals surface area contributed by atoms with Gasteiger partial charge in [0, 0.05) is 12.3 Å². The van der Waals surface area contributed by atoms with Gasteiger partial charge in [0.15, 0.2) is 0 Å². The summed E-state index contributed by atoms with van der Waals surface area (Å²) in [5, 5.41) is 1.15. The predicted molar refractivity (Wildman–Crippen MR) is 76.9 cm³/mol. The van der Waals surface area contributed by atoms with E-state index in [1.54, 1.807) is 0 Å². The zero-order valence-corrected chi connectivity index (χ0v) is 11.2. The SMILES string of the molecule is B[C@H]1CCc2cc3ccccc3nc2C1OC(C)=O. The Bertz CT molecular complexity index is 641. The van der Waals surface area contributed by atoms with Gasteiger partial charge in [0.25, 0.3) is 0 Å². The molecule has 0 radical (unpaired) electrons. The minimum atomic E-state index is -0.236. The summed E-state index contributed by atoms with van der Waals surface area (Å²) < 4.78 is 5.48. The first-order valence-corrected chi connectivity index (χ1v) is 6.71. The average Bonchev–Trinajstić information content (AvgIpc) is 2.40. The van der Waals surface area contributed by atoms with Crippen LogP contribution in [0, 0.1) is 0 Å². The second-order valence-corrected chi connectivity index (χ2v) is 5.27. The molecule has 0 bridgehead atoms. The zero-order valence-electron chi connectivity index (χ0n) is 11.2. The summed E-state index contributed by atoms with van der Waals surface area (Å²) >= 11 is 0. The number of rotatable bonds is 1. The van der Waals surface area contributed by atoms with Crippen molar-refractivity contribution in [1.29, 1.82) is 0 Å². The number of benzene rings is 1. The summed E-state index contributed by atoms with van der Waals surface area (Å²) in [6.07, 6.45) is 1.84. The molecule has 0 spiro atoms. The third-order valence-electron chi connectivity index (χ3n) is 3.78. The van der Waals surface area contributed by atoms with E-state index in [4.69, 9.17) is 9.72 Å². The fraction of sp³-hybridized carbons (Fsp3) is 0.333. The van der Waals surface area contributed by atoms with E-state index >= 15 is 0 Å². The van der Waals surface area contributed by atoms with Crippen LogP contribution in [0.3, 0.4) is 0 Å². The Balaban J connectivity index is 2.12. The number of carbonyl (C=O) groups excluding carboxylic acids is 1. The molecule has 0 saturated heterocycles. The molecule has 96 valence electrons. The van der Waals surface area contributed by atoms with Gasteiger partial charge in [-0.2, -0.15) is 0 Å². The number of para-hydroxylation sites is 1. The summed E-state index contributed by atoms with van der Waals surface area (Å²) in [5.41, 5.74) is 3.11. The summed E-state index contributed by atoms with van der Waals surface area (Å²) in [7, 11) is 2.12. The summed E-state index contributed by atoms with van der Waals surface area (Å²) in [6, 6.07) is 10.3. The van der Waals surface area contributed by atoms with Gasteiger partial charge in [0.1, 0.15) is 14.0 Å². The van der Waals surface area contributed by atoms with Gasteiger partial charge in [-0.15, -0.1) is 0 Å². The van der Waals surface area contributed by atoms with Crippen molar-refractivity contribution in [3.63, 3.8) is 0 Å². The van der Waals surface area contributed by atoms with Gasteiger partial charge in [0.05, 0.1) is 11.2 Å². The van der Waals surface area contributed by atoms with Crippen molar-refractivity contribution in [1.82, 2.24) is 4.98 Å². The van der Waals surface area contributed by atoms with Gasteiger partial charge < -0.3 is 4.74 Å². The van der Waals surface area contributed by atoms with Crippen molar-refractivity contribution in [3.8, 4) is 0 Å². The maximum absolute atomic E-state index is 11.3. The molecule has 1 aliphatic rings. The van der Waals surface area contributed by atoms with E-state index in [2.05, 4.69) is 20.0 Å². The lowest BCUT2D eigenvalue weighted by Crippen LogP contribution is -2.22. The second kappa shape index (κ2) is 4.69. The highest BCUT2D eigenvalue weighted by molar-refractivity contribution is 6.12. The number of hydrogen-bond donors (Lipinski definition) is 0. The topological polar surface area (TPSA) is 39.2 Å². The molecule has 3 rings (SSSR count). The van der Waals surface area contributed by atoms with Gasteiger partial charge in [-0.05, 0) is 36.4 Å². The third-order valence-corrected chi connectivity index (χ3v) is 3.78. The van der Waals surface area contributed by atoms with Gasteiger partial charge in [-0.25, -0.2) is 4.98 Å². The highest BCUT2D eigenvalue weighted by Gasteiger charge is 2.30. The number of hydrogen-bond acceptors (Lipinski definition) is 3. The molecule has 1 aliphatic carbocycles. The molecule has 0 amide bonds. The maximum Gasteiger partial charge on any atom is 0.303 e. The summed E-state index contributed by atoms with van der Waals surface area (Å²) in [4.78, 5) is 16.0. The van der Waals surface area contributed by atoms with Crippen LogP contribution >= 0.6 is 0 Å². The Morgan fingerprint density at radius 3 is 3.00 bits per heavy atom. The van der Waals surface area contributed by atoms with Crippen LogP contribution in [-0.2, 0) is 16.0 Å². The fourth-order valence-corrected chi connectivity index (χ4v) is 2.78. The lowest BCUT2D eigenvalue weighted by Gasteiger charge is -2.30. The molecule has 2 aromatic rings. The first kappa shape index (κ1) is 12.2. The molecule has 1 heterocycles. The molecule has 2 atom stereocenters. The normalized spacial score (nSPS) is 21.9. The highest BCUT2D eigenvalue weighted by Crippen LogP contribution is 2.39. The van der Waals surface area contributed by atoms with Crippen molar-refractivity contribution in [2.24, 2.45) is 0 Å². The van der Waals surface area contributed by atoms with Crippen molar-refractivity contribution in [2.75, 3.05) is 0 Å². The van der Waals surface area contributed by atoms with Crippen LogP contribution in [0.25, 0.3) is 10.9 Å². The molecule has 3 nitrogen and oxygen atoms in total. The van der Waals surface area contributed by atoms with Crippen LogP contribution in [0.4, 0.5) is 0 Å². The monoisotopic (exact) mass is 253 g/mol. The molecule has 1 unspecified atom stereocenters. The largest absolute Gasteiger partial charge is 0.456 e. The first-order chi connectivity index (χ1) is 9.15. The van der Waals surface area contributed by atoms with Crippen LogP contribution < -0.4 is 0 Å². The zero-order chi connectivity index (χ0) is 13.4. The van der Waals surface area contributed by atoms with Gasteiger partial charge in [0.2, 0.25) is 0 Å². The number of pyridine rings is 1. The summed E-state index contributed by atoms with van der Waals surface area (Å²) in [5.74, 6) is 0.0877. The number of fused-ring (bicyclic) bond motifs is 2. The van der Waals surface area contributed by atoms with E-state index in [-0.39, 0.29) is 12.1 Å². The molecule has 0 fully saturated rings. The van der Waals surface area contributed by atoms with E-state index < -0.39 is 0 Å². The molecule has 19 heavy (non-hydrogen) atoms. The number of aryl methyl sites for hydroxylation is 1. The molecule has 1 aromatic carbocycles. The smallest absolute Gasteiger partial charge is 0.303 e. The lowest BCUT2D eigenvalue weighted by molar-refractivity contribution is -0.147. The molecular formula is C15H16BNO2.